The molecule has 29 heavy (non-hydrogen) atoms. The Morgan fingerprint density at radius 1 is 0.966 bits per heavy atom. The highest BCUT2D eigenvalue weighted by Gasteiger charge is 2.34. The van der Waals surface area contributed by atoms with Crippen LogP contribution in [-0.2, 0) is 9.84 Å². The molecule has 1 heterocycles. The minimum absolute atomic E-state index is 0.0191. The van der Waals surface area contributed by atoms with E-state index >= 15 is 0 Å². The SMILES string of the molecule is Cc1ccc(S(=O)(=O)[C@H](C#N)c2nc3ccccc3nc2N[C@H](C)C(C)C)cc1. The van der Waals surface area contributed by atoms with Gasteiger partial charge in [-0.15, -0.1) is 0 Å². The summed E-state index contributed by atoms with van der Waals surface area (Å²) in [6, 6.07) is 15.7. The number of sulfone groups is 1. The van der Waals surface area contributed by atoms with Gasteiger partial charge in [0.2, 0.25) is 9.84 Å². The van der Waals surface area contributed by atoms with Gasteiger partial charge in [-0.3, -0.25) is 0 Å². The van der Waals surface area contributed by atoms with Crippen LogP contribution in [0, 0.1) is 24.2 Å². The van der Waals surface area contributed by atoms with Gasteiger partial charge in [-0.1, -0.05) is 43.7 Å². The summed E-state index contributed by atoms with van der Waals surface area (Å²) < 4.78 is 26.5. The first-order chi connectivity index (χ1) is 13.7. The molecule has 0 aliphatic rings. The third-order valence-electron chi connectivity index (χ3n) is 4.99. The number of aryl methyl sites for hydroxylation is 1. The van der Waals surface area contributed by atoms with Crippen molar-refractivity contribution in [3.8, 4) is 6.07 Å². The van der Waals surface area contributed by atoms with E-state index in [1.165, 1.54) is 12.1 Å². The van der Waals surface area contributed by atoms with E-state index in [9.17, 15) is 13.7 Å². The van der Waals surface area contributed by atoms with Crippen LogP contribution in [0.1, 0.15) is 37.3 Å². The Balaban J connectivity index is 2.19. The first-order valence-corrected chi connectivity index (χ1v) is 11.0. The van der Waals surface area contributed by atoms with Gasteiger partial charge < -0.3 is 5.32 Å². The van der Waals surface area contributed by atoms with Crippen LogP contribution in [0.25, 0.3) is 11.0 Å². The fourth-order valence-corrected chi connectivity index (χ4v) is 4.21. The van der Waals surface area contributed by atoms with E-state index in [2.05, 4.69) is 29.1 Å². The van der Waals surface area contributed by atoms with E-state index < -0.39 is 15.1 Å². The Morgan fingerprint density at radius 3 is 2.10 bits per heavy atom. The molecule has 2 aromatic carbocycles. The molecule has 0 saturated heterocycles. The summed E-state index contributed by atoms with van der Waals surface area (Å²) in [7, 11) is -3.97. The van der Waals surface area contributed by atoms with Gasteiger partial charge in [0.1, 0.15) is 5.69 Å². The van der Waals surface area contributed by atoms with Gasteiger partial charge in [0, 0.05) is 6.04 Å². The Morgan fingerprint density at radius 2 is 1.55 bits per heavy atom. The zero-order valence-corrected chi connectivity index (χ0v) is 17.7. The highest BCUT2D eigenvalue weighted by Crippen LogP contribution is 2.33. The van der Waals surface area contributed by atoms with Crippen LogP contribution in [0.15, 0.2) is 53.4 Å². The van der Waals surface area contributed by atoms with Crippen molar-refractivity contribution in [2.24, 2.45) is 5.92 Å². The van der Waals surface area contributed by atoms with E-state index in [0.717, 1.165) is 5.56 Å². The molecule has 0 unspecified atom stereocenters. The molecule has 0 amide bonds. The van der Waals surface area contributed by atoms with Crippen molar-refractivity contribution in [1.29, 1.82) is 5.26 Å². The van der Waals surface area contributed by atoms with Gasteiger partial charge in [-0.05, 0) is 44.0 Å². The molecule has 0 radical (unpaired) electrons. The van der Waals surface area contributed by atoms with Crippen LogP contribution < -0.4 is 5.32 Å². The number of hydrogen-bond acceptors (Lipinski definition) is 6. The van der Waals surface area contributed by atoms with E-state index in [0.29, 0.717) is 16.9 Å². The van der Waals surface area contributed by atoms with E-state index in [1.807, 2.05) is 32.0 Å². The van der Waals surface area contributed by atoms with E-state index in [1.54, 1.807) is 24.3 Å². The standard InChI is InChI=1S/C22H24N4O2S/c1-14(2)16(4)24-22-21(25-18-7-5-6-8-19(18)26-22)20(13-23)29(27,28)17-11-9-15(3)10-12-17/h5-12,14,16,20H,1-4H3,(H,24,26)/t16-,20-/m1/s1. The number of nitriles is 1. The molecule has 0 fully saturated rings. The van der Waals surface area contributed by atoms with Gasteiger partial charge in [-0.25, -0.2) is 18.4 Å². The molecule has 0 bridgehead atoms. The number of fused-ring (bicyclic) bond motifs is 1. The predicted molar refractivity (Wildman–Crippen MR) is 114 cm³/mol. The molecule has 0 spiro atoms. The quantitative estimate of drug-likeness (QED) is 0.648. The van der Waals surface area contributed by atoms with E-state index in [-0.39, 0.29) is 22.5 Å². The number of anilines is 1. The largest absolute Gasteiger partial charge is 0.366 e. The first-order valence-electron chi connectivity index (χ1n) is 9.47. The summed E-state index contributed by atoms with van der Waals surface area (Å²) in [6.45, 7) is 7.97. The molecule has 0 aliphatic heterocycles. The van der Waals surface area contributed by atoms with Crippen molar-refractivity contribution < 1.29 is 8.42 Å². The van der Waals surface area contributed by atoms with Gasteiger partial charge in [0.25, 0.3) is 0 Å². The molecule has 150 valence electrons. The van der Waals surface area contributed by atoms with Crippen molar-refractivity contribution in [3.05, 3.63) is 59.8 Å². The number of nitrogens with zero attached hydrogens (tertiary/aromatic N) is 3. The summed E-state index contributed by atoms with van der Waals surface area (Å²) in [6.07, 6.45) is 0. The molecule has 3 rings (SSSR count). The van der Waals surface area contributed by atoms with Crippen LogP contribution in [0.3, 0.4) is 0 Å². The van der Waals surface area contributed by atoms with Crippen LogP contribution in [0.5, 0.6) is 0 Å². The number of nitrogens with one attached hydrogen (secondary N) is 1. The average molecular weight is 409 g/mol. The topological polar surface area (TPSA) is 95.7 Å². The lowest BCUT2D eigenvalue weighted by atomic mass is 10.1. The second-order valence-corrected chi connectivity index (χ2v) is 9.52. The van der Waals surface area contributed by atoms with Gasteiger partial charge in [-0.2, -0.15) is 5.26 Å². The number of aromatic nitrogens is 2. The van der Waals surface area contributed by atoms with Crippen molar-refractivity contribution in [2.75, 3.05) is 5.32 Å². The molecule has 6 nitrogen and oxygen atoms in total. The van der Waals surface area contributed by atoms with Crippen molar-refractivity contribution in [2.45, 2.75) is 43.9 Å². The van der Waals surface area contributed by atoms with Crippen LogP contribution in [0.4, 0.5) is 5.82 Å². The normalized spacial score (nSPS) is 13.8. The Labute approximate surface area is 171 Å². The average Bonchev–Trinajstić information content (AvgIpc) is 2.68. The maximum atomic E-state index is 13.3. The third-order valence-corrected chi connectivity index (χ3v) is 6.87. The van der Waals surface area contributed by atoms with Gasteiger partial charge in [0.05, 0.1) is 22.0 Å². The van der Waals surface area contributed by atoms with Crippen LogP contribution >= 0.6 is 0 Å². The Hall–Kier alpha value is -2.98. The minimum atomic E-state index is -3.97. The van der Waals surface area contributed by atoms with Gasteiger partial charge in [0.15, 0.2) is 11.1 Å². The maximum absolute atomic E-state index is 13.3. The molecule has 2 atom stereocenters. The molecular formula is C22H24N4O2S. The summed E-state index contributed by atoms with van der Waals surface area (Å²) in [4.78, 5) is 9.23. The summed E-state index contributed by atoms with van der Waals surface area (Å²) >= 11 is 0. The zero-order valence-electron chi connectivity index (χ0n) is 16.9. The zero-order chi connectivity index (χ0) is 21.2. The second kappa shape index (κ2) is 8.18. The molecular weight excluding hydrogens is 384 g/mol. The number of hydrogen-bond donors (Lipinski definition) is 1. The van der Waals surface area contributed by atoms with Crippen LogP contribution in [-0.4, -0.2) is 24.4 Å². The highest BCUT2D eigenvalue weighted by molar-refractivity contribution is 7.92. The first kappa shape index (κ1) is 20.7. The van der Waals surface area contributed by atoms with Crippen LogP contribution in [0.2, 0.25) is 0 Å². The second-order valence-electron chi connectivity index (χ2n) is 7.49. The summed E-state index contributed by atoms with van der Waals surface area (Å²) in [5.41, 5.74) is 2.25. The predicted octanol–water partition coefficient (Wildman–Crippen LogP) is 4.43. The Kier molecular flexibility index (Phi) is 5.85. The minimum Gasteiger partial charge on any atom is -0.366 e. The summed E-state index contributed by atoms with van der Waals surface area (Å²) in [5.74, 6) is 0.609. The molecule has 1 N–H and O–H groups in total. The van der Waals surface area contributed by atoms with Crippen molar-refractivity contribution in [1.82, 2.24) is 9.97 Å². The number of para-hydroxylation sites is 2. The monoisotopic (exact) mass is 408 g/mol. The highest BCUT2D eigenvalue weighted by atomic mass is 32.2. The van der Waals surface area contributed by atoms with E-state index in [4.69, 9.17) is 0 Å². The van der Waals surface area contributed by atoms with Crippen molar-refractivity contribution >= 4 is 26.7 Å². The number of benzene rings is 2. The number of rotatable bonds is 6. The lowest BCUT2D eigenvalue weighted by Crippen LogP contribution is -2.25. The maximum Gasteiger partial charge on any atom is 0.200 e. The smallest absolute Gasteiger partial charge is 0.200 e. The van der Waals surface area contributed by atoms with Gasteiger partial charge >= 0.3 is 0 Å². The fraction of sp³-hybridized carbons (Fsp3) is 0.318. The fourth-order valence-electron chi connectivity index (χ4n) is 2.83. The Bertz CT molecular complexity index is 1170. The third kappa shape index (κ3) is 4.22. The lowest BCUT2D eigenvalue weighted by Gasteiger charge is -2.21. The molecule has 3 aromatic rings. The molecule has 0 saturated carbocycles. The lowest BCUT2D eigenvalue weighted by molar-refractivity contribution is 0.557. The summed E-state index contributed by atoms with van der Waals surface area (Å²) in [5, 5.41) is 11.6. The molecule has 0 aliphatic carbocycles. The molecule has 1 aromatic heterocycles. The van der Waals surface area contributed by atoms with Crippen molar-refractivity contribution in [3.63, 3.8) is 0 Å². The molecule has 7 heteroatoms.